The zero-order chi connectivity index (χ0) is 11.4. The van der Waals surface area contributed by atoms with Gasteiger partial charge in [0, 0.05) is 12.1 Å². The van der Waals surface area contributed by atoms with Gasteiger partial charge in [0.25, 0.3) is 0 Å². The maximum atomic E-state index is 5.63. The molecule has 0 aromatic carbocycles. The quantitative estimate of drug-likeness (QED) is 0.304. The fourth-order valence-electron chi connectivity index (χ4n) is 1.13. The van der Waals surface area contributed by atoms with Crippen molar-refractivity contribution in [3.63, 3.8) is 0 Å². The first kappa shape index (κ1) is 16.2. The molecular weight excluding hydrogens is 178 g/mol. The van der Waals surface area contributed by atoms with Crippen LogP contribution < -0.4 is 28.7 Å². The van der Waals surface area contributed by atoms with Crippen LogP contribution in [0.4, 0.5) is 0 Å². The van der Waals surface area contributed by atoms with Crippen molar-refractivity contribution in [3.05, 3.63) is 0 Å². The van der Waals surface area contributed by atoms with Gasteiger partial charge in [-0.1, -0.05) is 19.3 Å². The monoisotopic (exact) mass is 205 g/mol. The third-order valence-electron chi connectivity index (χ3n) is 1.98. The Kier molecular flexibility index (Phi) is 14.8. The Morgan fingerprint density at radius 1 is 1.07 bits per heavy atom. The van der Waals surface area contributed by atoms with E-state index >= 15 is 0 Å². The average Bonchev–Trinajstić information content (AvgIpc) is 2.23. The van der Waals surface area contributed by atoms with Crippen molar-refractivity contribution in [2.45, 2.75) is 58.0 Å². The highest BCUT2D eigenvalue weighted by molar-refractivity contribution is 4.66. The highest BCUT2D eigenvalue weighted by Crippen LogP contribution is 2.14. The topological polar surface area (TPSA) is 116 Å². The molecule has 5 nitrogen and oxygen atoms in total. The molecule has 0 atom stereocenters. The van der Waals surface area contributed by atoms with Crippen LogP contribution in [0, 0.1) is 0 Å². The average molecular weight is 205 g/mol. The molecule has 0 aromatic rings. The molecule has 5 heteroatoms. The summed E-state index contributed by atoms with van der Waals surface area (Å²) in [6.07, 6.45) is 6.66. The highest BCUT2D eigenvalue weighted by Gasteiger charge is 2.06. The molecular formula is C9H27N5. The standard InChI is InChI=1S/C6H13N.C3H10N2.H4N2/c7-6-4-2-1-3-5-6;1-3(2)5-4;1-2/h6H,1-5,7H2;3,5H,4H2,1-2H3;1-2H2. The minimum Gasteiger partial charge on any atom is -0.328 e. The van der Waals surface area contributed by atoms with E-state index in [4.69, 9.17) is 11.6 Å². The predicted octanol–water partition coefficient (Wildman–Crippen LogP) is -0.0453. The molecule has 14 heavy (non-hydrogen) atoms. The number of nitrogens with one attached hydrogen (secondary N) is 1. The maximum Gasteiger partial charge on any atom is 0.0153 e. The van der Waals surface area contributed by atoms with E-state index in [-0.39, 0.29) is 0 Å². The Morgan fingerprint density at radius 3 is 1.57 bits per heavy atom. The molecule has 0 bridgehead atoms. The lowest BCUT2D eigenvalue weighted by Gasteiger charge is -2.15. The number of nitrogens with two attached hydrogens (primary N) is 4. The summed E-state index contributed by atoms with van der Waals surface area (Å²) in [6, 6.07) is 0.948. The Bertz CT molecular complexity index is 91.2. The van der Waals surface area contributed by atoms with Crippen LogP contribution in [0.1, 0.15) is 46.0 Å². The van der Waals surface area contributed by atoms with Gasteiger partial charge in [0.1, 0.15) is 0 Å². The van der Waals surface area contributed by atoms with Gasteiger partial charge in [0.2, 0.25) is 0 Å². The third kappa shape index (κ3) is 14.3. The first-order valence-electron chi connectivity index (χ1n) is 5.22. The first-order chi connectivity index (χ1) is 6.66. The second-order valence-electron chi connectivity index (χ2n) is 3.72. The number of hydrogen-bond donors (Lipinski definition) is 5. The normalized spacial score (nSPS) is 16.5. The van der Waals surface area contributed by atoms with Crippen molar-refractivity contribution in [2.24, 2.45) is 23.3 Å². The molecule has 0 amide bonds. The second-order valence-corrected chi connectivity index (χ2v) is 3.72. The van der Waals surface area contributed by atoms with Crippen molar-refractivity contribution in [2.75, 3.05) is 0 Å². The van der Waals surface area contributed by atoms with Gasteiger partial charge in [0.15, 0.2) is 0 Å². The van der Waals surface area contributed by atoms with E-state index in [2.05, 4.69) is 17.1 Å². The highest BCUT2D eigenvalue weighted by atomic mass is 15.2. The summed E-state index contributed by atoms with van der Waals surface area (Å²) in [5.74, 6) is 12.9. The van der Waals surface area contributed by atoms with Crippen molar-refractivity contribution in [3.8, 4) is 0 Å². The molecule has 1 aliphatic rings. The lowest BCUT2D eigenvalue weighted by atomic mass is 9.97. The lowest BCUT2D eigenvalue weighted by molar-refractivity contribution is 0.441. The van der Waals surface area contributed by atoms with Crippen molar-refractivity contribution in [1.29, 1.82) is 0 Å². The van der Waals surface area contributed by atoms with Gasteiger partial charge >= 0.3 is 0 Å². The summed E-state index contributed by atoms with van der Waals surface area (Å²) in [4.78, 5) is 0. The number of hydrazine groups is 2. The van der Waals surface area contributed by atoms with E-state index in [1.165, 1.54) is 32.1 Å². The number of hydrogen-bond acceptors (Lipinski definition) is 5. The van der Waals surface area contributed by atoms with Crippen LogP contribution in [0.3, 0.4) is 0 Å². The molecule has 9 N–H and O–H groups in total. The minimum absolute atomic E-state index is 0.412. The summed E-state index contributed by atoms with van der Waals surface area (Å²) in [5, 5.41) is 0. The largest absolute Gasteiger partial charge is 0.328 e. The summed E-state index contributed by atoms with van der Waals surface area (Å²) >= 11 is 0. The van der Waals surface area contributed by atoms with Crippen LogP contribution in [-0.2, 0) is 0 Å². The van der Waals surface area contributed by atoms with E-state index in [1.807, 2.05) is 13.8 Å². The van der Waals surface area contributed by atoms with Crippen molar-refractivity contribution >= 4 is 0 Å². The van der Waals surface area contributed by atoms with Crippen LogP contribution in [-0.4, -0.2) is 12.1 Å². The first-order valence-corrected chi connectivity index (χ1v) is 5.22. The fourth-order valence-corrected chi connectivity index (χ4v) is 1.13. The van der Waals surface area contributed by atoms with Crippen molar-refractivity contribution in [1.82, 2.24) is 5.43 Å². The van der Waals surface area contributed by atoms with E-state index in [0.29, 0.717) is 12.1 Å². The van der Waals surface area contributed by atoms with Gasteiger partial charge in [0.05, 0.1) is 0 Å². The van der Waals surface area contributed by atoms with Crippen LogP contribution >= 0.6 is 0 Å². The zero-order valence-electron chi connectivity index (χ0n) is 9.50. The van der Waals surface area contributed by atoms with Gasteiger partial charge in [-0.25, -0.2) is 0 Å². The van der Waals surface area contributed by atoms with Gasteiger partial charge < -0.3 is 5.73 Å². The molecule has 1 rings (SSSR count). The summed E-state index contributed by atoms with van der Waals surface area (Å²) in [7, 11) is 0. The number of rotatable bonds is 1. The summed E-state index contributed by atoms with van der Waals surface area (Å²) < 4.78 is 0. The van der Waals surface area contributed by atoms with E-state index in [0.717, 1.165) is 0 Å². The molecule has 1 saturated carbocycles. The Balaban J connectivity index is 0. The van der Waals surface area contributed by atoms with Gasteiger partial charge in [-0.05, 0) is 26.7 Å². The molecule has 0 spiro atoms. The van der Waals surface area contributed by atoms with Crippen molar-refractivity contribution < 1.29 is 0 Å². The van der Waals surface area contributed by atoms with Crippen LogP contribution in [0.5, 0.6) is 0 Å². The van der Waals surface area contributed by atoms with E-state index < -0.39 is 0 Å². The van der Waals surface area contributed by atoms with E-state index in [9.17, 15) is 0 Å². The third-order valence-corrected chi connectivity index (χ3v) is 1.98. The molecule has 88 valence electrons. The molecule has 0 unspecified atom stereocenters. The molecule has 1 fully saturated rings. The van der Waals surface area contributed by atoms with Gasteiger partial charge in [-0.2, -0.15) is 0 Å². The summed E-state index contributed by atoms with van der Waals surface area (Å²) in [6.45, 7) is 3.97. The Hall–Kier alpha value is -0.200. The van der Waals surface area contributed by atoms with Crippen LogP contribution in [0.25, 0.3) is 0 Å². The van der Waals surface area contributed by atoms with Crippen LogP contribution in [0.15, 0.2) is 0 Å². The Morgan fingerprint density at radius 2 is 1.43 bits per heavy atom. The molecule has 0 aliphatic heterocycles. The molecule has 0 heterocycles. The summed E-state index contributed by atoms with van der Waals surface area (Å²) in [5.41, 5.74) is 8.16. The van der Waals surface area contributed by atoms with E-state index in [1.54, 1.807) is 0 Å². The molecule has 1 aliphatic carbocycles. The zero-order valence-corrected chi connectivity index (χ0v) is 9.50. The van der Waals surface area contributed by atoms with Gasteiger partial charge in [-0.15, -0.1) is 0 Å². The smallest absolute Gasteiger partial charge is 0.0153 e. The Labute approximate surface area is 87.5 Å². The second kappa shape index (κ2) is 12.8. The minimum atomic E-state index is 0.412. The van der Waals surface area contributed by atoms with Gasteiger partial charge in [-0.3, -0.25) is 23.0 Å². The lowest BCUT2D eigenvalue weighted by Crippen LogP contribution is -2.29. The SMILES string of the molecule is CC(C)NN.NC1CCCCC1.NN. The fraction of sp³-hybridized carbons (Fsp3) is 1.00. The van der Waals surface area contributed by atoms with Crippen LogP contribution in [0.2, 0.25) is 0 Å². The predicted molar refractivity (Wildman–Crippen MR) is 61.9 cm³/mol. The molecule has 0 saturated heterocycles. The molecule has 0 radical (unpaired) electrons. The molecule has 0 aromatic heterocycles. The maximum absolute atomic E-state index is 5.63.